The molecule has 0 unspecified atom stereocenters. The third kappa shape index (κ3) is 3.21. The topological polar surface area (TPSA) is 47.8 Å². The van der Waals surface area contributed by atoms with Crippen LogP contribution in [-0.4, -0.2) is 20.1 Å². The number of aryl methyl sites for hydroxylation is 1. The summed E-state index contributed by atoms with van der Waals surface area (Å²) in [5.41, 5.74) is 1.79. The zero-order chi connectivity index (χ0) is 15.5. The molecule has 110 valence electrons. The van der Waals surface area contributed by atoms with Gasteiger partial charge in [-0.05, 0) is 55.1 Å². The van der Waals surface area contributed by atoms with Crippen molar-refractivity contribution in [1.29, 1.82) is 0 Å². The summed E-state index contributed by atoms with van der Waals surface area (Å²) in [5.74, 6) is 0. The van der Waals surface area contributed by atoms with E-state index in [0.29, 0.717) is 16.4 Å². The largest absolute Gasteiger partial charge is 0.279 e. The number of para-hydroxylation sites is 1. The predicted molar refractivity (Wildman–Crippen MR) is 87.7 cm³/mol. The fourth-order valence-electron chi connectivity index (χ4n) is 1.90. The fourth-order valence-corrected chi connectivity index (χ4v) is 2.80. The lowest BCUT2D eigenvalue weighted by Gasteiger charge is -1.99. The summed E-state index contributed by atoms with van der Waals surface area (Å²) < 4.78 is 0. The van der Waals surface area contributed by atoms with Crippen molar-refractivity contribution in [2.45, 2.75) is 11.8 Å². The Labute approximate surface area is 137 Å². The zero-order valence-electron chi connectivity index (χ0n) is 11.7. The van der Waals surface area contributed by atoms with Crippen molar-refractivity contribution in [2.75, 3.05) is 0 Å². The summed E-state index contributed by atoms with van der Waals surface area (Å²) in [5, 5.41) is 9.12. The van der Waals surface area contributed by atoms with Crippen LogP contribution in [0, 0.1) is 6.92 Å². The van der Waals surface area contributed by atoms with E-state index in [0.717, 1.165) is 22.3 Å². The third-order valence-electron chi connectivity index (χ3n) is 2.99. The van der Waals surface area contributed by atoms with Crippen molar-refractivity contribution in [2.24, 2.45) is 0 Å². The number of halogens is 1. The van der Waals surface area contributed by atoms with Crippen LogP contribution in [0.15, 0.2) is 59.5 Å². The standard InChI is InChI=1S/C16H12ClN3OS/c1-11-15(16(21)22-14-9-7-12(17)8-10-14)19-20(18-11)13-5-3-2-4-6-13/h2-10H,1H3. The molecule has 0 N–H and O–H groups in total. The van der Waals surface area contributed by atoms with E-state index in [9.17, 15) is 4.79 Å². The van der Waals surface area contributed by atoms with E-state index in [1.165, 1.54) is 4.80 Å². The second-order valence-electron chi connectivity index (χ2n) is 4.60. The molecule has 0 spiro atoms. The SMILES string of the molecule is Cc1nn(-c2ccccc2)nc1C(=O)Sc1ccc(Cl)cc1. The van der Waals surface area contributed by atoms with Crippen LogP contribution in [0.2, 0.25) is 5.02 Å². The predicted octanol–water partition coefficient (Wildman–Crippen LogP) is 4.16. The Morgan fingerprint density at radius 1 is 1.05 bits per heavy atom. The van der Waals surface area contributed by atoms with Crippen LogP contribution in [0.4, 0.5) is 0 Å². The summed E-state index contributed by atoms with van der Waals surface area (Å²) in [7, 11) is 0. The zero-order valence-corrected chi connectivity index (χ0v) is 13.3. The molecule has 0 saturated heterocycles. The molecule has 1 aromatic heterocycles. The van der Waals surface area contributed by atoms with Crippen molar-refractivity contribution >= 4 is 28.5 Å². The van der Waals surface area contributed by atoms with Gasteiger partial charge >= 0.3 is 0 Å². The van der Waals surface area contributed by atoms with Crippen LogP contribution in [-0.2, 0) is 0 Å². The first kappa shape index (κ1) is 14.8. The van der Waals surface area contributed by atoms with Crippen molar-refractivity contribution < 1.29 is 4.79 Å². The third-order valence-corrected chi connectivity index (χ3v) is 4.13. The van der Waals surface area contributed by atoms with Crippen LogP contribution in [0.5, 0.6) is 0 Å². The maximum absolute atomic E-state index is 12.4. The van der Waals surface area contributed by atoms with Gasteiger partial charge in [0.1, 0.15) is 0 Å². The number of benzene rings is 2. The van der Waals surface area contributed by atoms with Gasteiger partial charge in [-0.15, -0.1) is 5.10 Å². The first-order chi connectivity index (χ1) is 10.6. The van der Waals surface area contributed by atoms with Gasteiger partial charge in [0, 0.05) is 9.92 Å². The monoisotopic (exact) mass is 329 g/mol. The first-order valence-corrected chi connectivity index (χ1v) is 7.80. The molecular formula is C16H12ClN3OS. The molecule has 0 fully saturated rings. The highest BCUT2D eigenvalue weighted by Crippen LogP contribution is 2.24. The molecule has 4 nitrogen and oxygen atoms in total. The molecule has 0 aliphatic carbocycles. The summed E-state index contributed by atoms with van der Waals surface area (Å²) in [6.07, 6.45) is 0. The Balaban J connectivity index is 1.84. The van der Waals surface area contributed by atoms with E-state index in [1.807, 2.05) is 42.5 Å². The lowest BCUT2D eigenvalue weighted by molar-refractivity contribution is 0.108. The molecule has 0 aliphatic rings. The Morgan fingerprint density at radius 2 is 1.73 bits per heavy atom. The lowest BCUT2D eigenvalue weighted by Crippen LogP contribution is -2.00. The highest BCUT2D eigenvalue weighted by molar-refractivity contribution is 8.14. The average molecular weight is 330 g/mol. The smallest absolute Gasteiger partial charge is 0.246 e. The molecule has 1 heterocycles. The van der Waals surface area contributed by atoms with E-state index in [4.69, 9.17) is 11.6 Å². The van der Waals surface area contributed by atoms with Gasteiger partial charge in [0.2, 0.25) is 5.12 Å². The Bertz CT molecular complexity index is 800. The van der Waals surface area contributed by atoms with E-state index in [2.05, 4.69) is 10.2 Å². The summed E-state index contributed by atoms with van der Waals surface area (Å²) in [6.45, 7) is 1.78. The molecule has 0 atom stereocenters. The van der Waals surface area contributed by atoms with Crippen molar-refractivity contribution in [3.8, 4) is 5.69 Å². The number of aromatic nitrogens is 3. The van der Waals surface area contributed by atoms with Crippen LogP contribution in [0.1, 0.15) is 16.2 Å². The second kappa shape index (κ2) is 6.34. The van der Waals surface area contributed by atoms with Gasteiger partial charge in [-0.1, -0.05) is 29.8 Å². The van der Waals surface area contributed by atoms with Gasteiger partial charge in [0.05, 0.1) is 11.4 Å². The number of hydrogen-bond donors (Lipinski definition) is 0. The van der Waals surface area contributed by atoms with Crippen LogP contribution in [0.3, 0.4) is 0 Å². The number of nitrogens with zero attached hydrogens (tertiary/aromatic N) is 3. The maximum atomic E-state index is 12.4. The molecule has 2 aromatic carbocycles. The Kier molecular flexibility index (Phi) is 4.27. The molecule has 3 aromatic rings. The van der Waals surface area contributed by atoms with Crippen molar-refractivity contribution in [3.63, 3.8) is 0 Å². The molecule has 22 heavy (non-hydrogen) atoms. The van der Waals surface area contributed by atoms with E-state index in [1.54, 1.807) is 19.1 Å². The molecule has 0 saturated carbocycles. The highest BCUT2D eigenvalue weighted by atomic mass is 35.5. The van der Waals surface area contributed by atoms with Crippen molar-refractivity contribution in [1.82, 2.24) is 15.0 Å². The average Bonchev–Trinajstić information content (AvgIpc) is 2.92. The fraction of sp³-hybridized carbons (Fsp3) is 0.0625. The second-order valence-corrected chi connectivity index (χ2v) is 6.09. The summed E-state index contributed by atoms with van der Waals surface area (Å²) in [4.78, 5) is 14.7. The molecule has 0 amide bonds. The Morgan fingerprint density at radius 3 is 2.41 bits per heavy atom. The van der Waals surface area contributed by atoms with Gasteiger partial charge in [-0.3, -0.25) is 4.79 Å². The highest BCUT2D eigenvalue weighted by Gasteiger charge is 2.17. The number of thioether (sulfide) groups is 1. The summed E-state index contributed by atoms with van der Waals surface area (Å²) in [6, 6.07) is 16.6. The minimum absolute atomic E-state index is 0.137. The quantitative estimate of drug-likeness (QED) is 0.677. The van der Waals surface area contributed by atoms with Crippen LogP contribution >= 0.6 is 23.4 Å². The van der Waals surface area contributed by atoms with Crippen LogP contribution in [0.25, 0.3) is 5.69 Å². The van der Waals surface area contributed by atoms with E-state index in [-0.39, 0.29) is 5.12 Å². The van der Waals surface area contributed by atoms with Crippen molar-refractivity contribution in [3.05, 3.63) is 71.0 Å². The maximum Gasteiger partial charge on any atom is 0.246 e. The van der Waals surface area contributed by atoms with Gasteiger partial charge in [0.15, 0.2) is 5.69 Å². The number of rotatable bonds is 3. The van der Waals surface area contributed by atoms with E-state index >= 15 is 0 Å². The van der Waals surface area contributed by atoms with Gasteiger partial charge in [0.25, 0.3) is 0 Å². The molecule has 0 aliphatic heterocycles. The van der Waals surface area contributed by atoms with Gasteiger partial charge < -0.3 is 0 Å². The normalized spacial score (nSPS) is 10.6. The summed E-state index contributed by atoms with van der Waals surface area (Å²) >= 11 is 6.96. The molecule has 0 bridgehead atoms. The number of carbonyl (C=O) groups is 1. The Hall–Kier alpha value is -2.11. The molecule has 3 rings (SSSR count). The molecular weight excluding hydrogens is 318 g/mol. The lowest BCUT2D eigenvalue weighted by atomic mass is 10.3. The molecule has 6 heteroatoms. The minimum Gasteiger partial charge on any atom is -0.279 e. The van der Waals surface area contributed by atoms with Gasteiger partial charge in [-0.2, -0.15) is 9.90 Å². The van der Waals surface area contributed by atoms with Gasteiger partial charge in [-0.25, -0.2) is 0 Å². The number of carbonyl (C=O) groups excluding carboxylic acids is 1. The number of hydrogen-bond acceptors (Lipinski definition) is 4. The van der Waals surface area contributed by atoms with Crippen LogP contribution < -0.4 is 0 Å². The molecule has 0 radical (unpaired) electrons. The first-order valence-electron chi connectivity index (χ1n) is 6.60. The minimum atomic E-state index is -0.137. The van der Waals surface area contributed by atoms with E-state index < -0.39 is 0 Å².